The second-order valence-electron chi connectivity index (χ2n) is 10.4. The Bertz CT molecular complexity index is 1270. The minimum atomic E-state index is -1.12. The van der Waals surface area contributed by atoms with Crippen LogP contribution in [0.25, 0.3) is 0 Å². The number of ether oxygens (including phenoxy) is 2. The molecule has 0 spiro atoms. The average molecular weight is 576 g/mol. The highest BCUT2D eigenvalue weighted by Crippen LogP contribution is 2.37. The Morgan fingerprint density at radius 1 is 1.30 bits per heavy atom. The number of carbonyl (C=O) groups excluding carboxylic acids is 1. The zero-order valence-corrected chi connectivity index (χ0v) is 23.1. The number of pyridine rings is 1. The molecule has 3 heterocycles. The number of hydrogen-bond donors (Lipinski definition) is 3. The standard InChI is InChI=1S/C27H32ClFN6O5/c1-27(2)35(26(37)38)19(15-40-27)7-8-20-21(29)13-31-14-22(20)32-25(36)24(33-34-30)23(17-9-11-39-12-10-17)16-3-5-18(28)6-4-16/h3-6,13-14,17,19,23-24,30H,7-12,15H2,1-2H3,(H-,32,36,37,38)/p+1/t19?,23-,24-/m0/s1. The van der Waals surface area contributed by atoms with E-state index in [1.807, 2.05) is 12.1 Å². The van der Waals surface area contributed by atoms with Crippen molar-refractivity contribution >= 4 is 29.3 Å². The molecule has 0 saturated carbocycles. The molecule has 13 heteroatoms. The summed E-state index contributed by atoms with van der Waals surface area (Å²) in [5, 5.41) is 17.0. The van der Waals surface area contributed by atoms with Crippen LogP contribution in [0.4, 0.5) is 14.9 Å². The van der Waals surface area contributed by atoms with Gasteiger partial charge in [-0.2, -0.15) is 0 Å². The van der Waals surface area contributed by atoms with Gasteiger partial charge in [0.1, 0.15) is 22.2 Å². The van der Waals surface area contributed by atoms with Gasteiger partial charge in [0.2, 0.25) is 11.0 Å². The van der Waals surface area contributed by atoms with Crippen molar-refractivity contribution in [1.29, 1.82) is 5.53 Å². The molecule has 0 radical (unpaired) electrons. The Morgan fingerprint density at radius 2 is 2.00 bits per heavy atom. The zero-order chi connectivity index (χ0) is 28.9. The van der Waals surface area contributed by atoms with Gasteiger partial charge in [0.05, 0.1) is 30.7 Å². The Morgan fingerprint density at radius 3 is 2.65 bits per heavy atom. The summed E-state index contributed by atoms with van der Waals surface area (Å²) in [6.07, 6.45) is 3.05. The van der Waals surface area contributed by atoms with E-state index in [0.717, 1.165) is 11.8 Å². The first-order chi connectivity index (χ1) is 19.1. The van der Waals surface area contributed by atoms with Crippen LogP contribution in [-0.2, 0) is 20.7 Å². The van der Waals surface area contributed by atoms with Gasteiger partial charge in [-0.25, -0.2) is 9.18 Å². The summed E-state index contributed by atoms with van der Waals surface area (Å²) in [6.45, 7) is 4.57. The maximum Gasteiger partial charge on any atom is 0.409 e. The Hall–Kier alpha value is -3.44. The fourth-order valence-electron chi connectivity index (χ4n) is 5.65. The van der Waals surface area contributed by atoms with Crippen LogP contribution in [-0.4, -0.2) is 64.6 Å². The Labute approximate surface area is 236 Å². The molecule has 0 aliphatic carbocycles. The van der Waals surface area contributed by atoms with E-state index >= 15 is 4.39 Å². The van der Waals surface area contributed by atoms with Gasteiger partial charge in [-0.3, -0.25) is 14.7 Å². The molecule has 2 saturated heterocycles. The number of carboxylic acid groups (broad SMARTS) is 1. The van der Waals surface area contributed by atoms with E-state index in [1.54, 1.807) is 26.0 Å². The van der Waals surface area contributed by atoms with E-state index in [9.17, 15) is 14.7 Å². The zero-order valence-electron chi connectivity index (χ0n) is 22.3. The molecule has 2 aliphatic heterocycles. The van der Waals surface area contributed by atoms with Gasteiger partial charge in [-0.15, -0.1) is 0 Å². The van der Waals surface area contributed by atoms with Gasteiger partial charge in [-0.05, 0) is 63.1 Å². The summed E-state index contributed by atoms with van der Waals surface area (Å²) >= 11 is 6.11. The lowest BCUT2D eigenvalue weighted by Crippen LogP contribution is -2.47. The van der Waals surface area contributed by atoms with Crippen LogP contribution in [0.2, 0.25) is 5.02 Å². The van der Waals surface area contributed by atoms with Crippen molar-refractivity contribution in [3.05, 3.63) is 58.6 Å². The van der Waals surface area contributed by atoms with Gasteiger partial charge >= 0.3 is 6.09 Å². The highest BCUT2D eigenvalue weighted by molar-refractivity contribution is 6.30. The van der Waals surface area contributed by atoms with Crippen molar-refractivity contribution in [3.8, 4) is 0 Å². The predicted molar refractivity (Wildman–Crippen MR) is 144 cm³/mol. The number of anilines is 1. The molecule has 11 nitrogen and oxygen atoms in total. The minimum absolute atomic E-state index is 0.0222. The topological polar surface area (TPSA) is 151 Å². The molecule has 0 bridgehead atoms. The molecular formula is C27H33ClFN6O5+. The smallest absolute Gasteiger partial charge is 0.409 e. The molecule has 40 heavy (non-hydrogen) atoms. The molecule has 4 rings (SSSR count). The fourth-order valence-corrected chi connectivity index (χ4v) is 5.77. The van der Waals surface area contributed by atoms with E-state index in [0.29, 0.717) is 31.1 Å². The molecule has 1 unspecified atom stereocenters. The van der Waals surface area contributed by atoms with E-state index in [1.165, 1.54) is 11.1 Å². The predicted octanol–water partition coefficient (Wildman–Crippen LogP) is 4.99. The van der Waals surface area contributed by atoms with E-state index in [4.69, 9.17) is 26.6 Å². The normalized spacial score (nSPS) is 20.4. The van der Waals surface area contributed by atoms with Crippen molar-refractivity contribution in [2.24, 2.45) is 11.0 Å². The first kappa shape index (κ1) is 29.5. The van der Waals surface area contributed by atoms with E-state index < -0.39 is 41.5 Å². The molecule has 2 aromatic rings. The highest BCUT2D eigenvalue weighted by Gasteiger charge is 2.44. The van der Waals surface area contributed by atoms with E-state index in [-0.39, 0.29) is 36.6 Å². The first-order valence-corrected chi connectivity index (χ1v) is 13.5. The number of rotatable bonds is 9. The number of carbonyl (C=O) groups is 2. The Kier molecular flexibility index (Phi) is 9.47. The van der Waals surface area contributed by atoms with Crippen LogP contribution >= 0.6 is 11.6 Å². The number of halogens is 2. The number of nitrogens with zero attached hydrogens (tertiary/aromatic N) is 4. The summed E-state index contributed by atoms with van der Waals surface area (Å²) in [5.74, 6) is -1.60. The maximum atomic E-state index is 15.0. The minimum Gasteiger partial charge on any atom is -0.465 e. The van der Waals surface area contributed by atoms with Gasteiger partial charge < -0.3 is 19.9 Å². The second kappa shape index (κ2) is 12.8. The fraction of sp³-hybridized carbons (Fsp3) is 0.519. The summed E-state index contributed by atoms with van der Waals surface area (Å²) in [5.41, 5.74) is 7.59. The summed E-state index contributed by atoms with van der Waals surface area (Å²) < 4.78 is 26.2. The van der Waals surface area contributed by atoms with Crippen molar-refractivity contribution < 1.29 is 28.6 Å². The first-order valence-electron chi connectivity index (χ1n) is 13.1. The van der Waals surface area contributed by atoms with Crippen molar-refractivity contribution in [2.45, 2.75) is 63.3 Å². The molecule has 2 aliphatic rings. The lowest BCUT2D eigenvalue weighted by Gasteiger charge is -2.32. The van der Waals surface area contributed by atoms with Crippen molar-refractivity contribution in [3.63, 3.8) is 0 Å². The number of benzene rings is 1. The molecule has 1 aromatic heterocycles. The van der Waals surface area contributed by atoms with E-state index in [2.05, 4.69) is 20.3 Å². The number of aromatic nitrogens is 1. The van der Waals surface area contributed by atoms with Crippen LogP contribution in [0, 0.1) is 17.3 Å². The molecule has 3 atom stereocenters. The molecule has 3 N–H and O–H groups in total. The summed E-state index contributed by atoms with van der Waals surface area (Å²) in [7, 11) is 0. The molecular weight excluding hydrogens is 543 g/mol. The molecule has 214 valence electrons. The van der Waals surface area contributed by atoms with Crippen LogP contribution in [0.5, 0.6) is 0 Å². The lowest BCUT2D eigenvalue weighted by molar-refractivity contribution is -0.118. The van der Waals surface area contributed by atoms with Crippen molar-refractivity contribution in [1.82, 2.24) is 14.8 Å². The van der Waals surface area contributed by atoms with Gasteiger partial charge in [0, 0.05) is 29.7 Å². The van der Waals surface area contributed by atoms with Crippen LogP contribution < -0.4 is 10.2 Å². The molecule has 2 fully saturated rings. The SMILES string of the molecule is CC1(C)OCC(CCc2c(F)cncc2NC(=O)[C@@H](N=[N+]=N)[C@@H](c2ccc(Cl)cc2)C2CCOCC2)N1C(=O)O. The monoisotopic (exact) mass is 575 g/mol. The Balaban J connectivity index is 1.59. The van der Waals surface area contributed by atoms with Crippen molar-refractivity contribution in [2.75, 3.05) is 25.1 Å². The van der Waals surface area contributed by atoms with Gasteiger partial charge in [-0.1, -0.05) is 23.7 Å². The number of nitrogens with one attached hydrogen (secondary N) is 2. The van der Waals surface area contributed by atoms with Gasteiger partial charge in [0.15, 0.2) is 0 Å². The average Bonchev–Trinajstić information content (AvgIpc) is 3.23. The summed E-state index contributed by atoms with van der Waals surface area (Å²) in [6, 6.07) is 5.56. The molecule has 1 aromatic carbocycles. The maximum absolute atomic E-state index is 15.0. The van der Waals surface area contributed by atoms with Gasteiger partial charge in [0.25, 0.3) is 5.91 Å². The van der Waals surface area contributed by atoms with Crippen LogP contribution in [0.15, 0.2) is 41.8 Å². The number of hydrogen-bond acceptors (Lipinski definition) is 7. The third-order valence-corrected chi connectivity index (χ3v) is 7.84. The molecule has 2 amide bonds. The highest BCUT2D eigenvalue weighted by atomic mass is 35.5. The third-order valence-electron chi connectivity index (χ3n) is 7.59. The largest absolute Gasteiger partial charge is 0.465 e. The third kappa shape index (κ3) is 6.64. The number of amides is 2. The quantitative estimate of drug-likeness (QED) is 0.283. The second-order valence-corrected chi connectivity index (χ2v) is 10.9. The van der Waals surface area contributed by atoms with Crippen LogP contribution in [0.1, 0.15) is 50.2 Å². The lowest BCUT2D eigenvalue weighted by atomic mass is 9.76. The van der Waals surface area contributed by atoms with Crippen LogP contribution in [0.3, 0.4) is 0 Å². The summed E-state index contributed by atoms with van der Waals surface area (Å²) in [4.78, 5) is 33.9.